The highest BCUT2D eigenvalue weighted by Crippen LogP contribution is 2.16. The third-order valence-corrected chi connectivity index (χ3v) is 1.50. The summed E-state index contributed by atoms with van der Waals surface area (Å²) >= 11 is 4.14. The molecular formula is C7H9N2S. The summed E-state index contributed by atoms with van der Waals surface area (Å²) < 4.78 is 0. The average Bonchev–Trinajstić information content (AvgIpc) is 1.94. The Bertz CT molecular complexity index is 174. The Hall–Kier alpha value is -0.700. The fraction of sp³-hybridized carbons (Fsp3) is 0.143. The molecule has 0 fully saturated rings. The molecule has 1 heterocycles. The molecule has 0 aliphatic carbocycles. The number of nitrogens with zero attached hydrogens (tertiary/aromatic N) is 2. The number of aliphatic imine (C=N–C) groups is 1. The van der Waals surface area contributed by atoms with E-state index < -0.39 is 0 Å². The van der Waals surface area contributed by atoms with Crippen molar-refractivity contribution in [1.82, 2.24) is 4.90 Å². The van der Waals surface area contributed by atoms with Crippen molar-refractivity contribution in [3.8, 4) is 0 Å². The van der Waals surface area contributed by atoms with Crippen LogP contribution in [0.15, 0.2) is 29.9 Å². The Balaban J connectivity index is 2.52. The van der Waals surface area contributed by atoms with Crippen LogP contribution in [0.2, 0.25) is 0 Å². The summed E-state index contributed by atoms with van der Waals surface area (Å²) in [6, 6.07) is 0. The molecule has 0 saturated heterocycles. The SMILES string of the molecule is C=CCN1C=CC=N[C]1S. The molecule has 53 valence electrons. The largest absolute Gasteiger partial charge is 0.337 e. The first-order chi connectivity index (χ1) is 4.84. The van der Waals surface area contributed by atoms with E-state index in [0.717, 1.165) is 6.54 Å². The van der Waals surface area contributed by atoms with Gasteiger partial charge in [0.05, 0.1) is 0 Å². The van der Waals surface area contributed by atoms with E-state index in [9.17, 15) is 0 Å². The number of allylic oxidation sites excluding steroid dienone is 1. The highest BCUT2D eigenvalue weighted by atomic mass is 32.1. The lowest BCUT2D eigenvalue weighted by atomic mass is 10.5. The normalized spacial score (nSPS) is 17.9. The van der Waals surface area contributed by atoms with Crippen molar-refractivity contribution in [3.63, 3.8) is 0 Å². The van der Waals surface area contributed by atoms with Crippen molar-refractivity contribution in [1.29, 1.82) is 0 Å². The minimum absolute atomic E-state index is 0.711. The van der Waals surface area contributed by atoms with Crippen molar-refractivity contribution in [2.45, 2.75) is 0 Å². The van der Waals surface area contributed by atoms with Crippen LogP contribution in [0.5, 0.6) is 0 Å². The van der Waals surface area contributed by atoms with Crippen LogP contribution in [0, 0.1) is 5.50 Å². The van der Waals surface area contributed by atoms with E-state index in [0.29, 0.717) is 5.50 Å². The lowest BCUT2D eigenvalue weighted by molar-refractivity contribution is 0.481. The standard InChI is InChI=1S/C7H9N2S/c1-2-5-9-6-3-4-8-7(9)10/h2-4,6,10H,1,5H2. The van der Waals surface area contributed by atoms with Gasteiger partial charge in [-0.15, -0.1) is 19.2 Å². The Morgan fingerprint density at radius 2 is 2.60 bits per heavy atom. The van der Waals surface area contributed by atoms with Gasteiger partial charge in [0.1, 0.15) is 0 Å². The Kier molecular flexibility index (Phi) is 2.57. The molecule has 0 atom stereocenters. The van der Waals surface area contributed by atoms with Gasteiger partial charge >= 0.3 is 0 Å². The molecule has 0 amide bonds. The van der Waals surface area contributed by atoms with Gasteiger partial charge in [0.25, 0.3) is 0 Å². The van der Waals surface area contributed by atoms with Crippen molar-refractivity contribution in [3.05, 3.63) is 30.4 Å². The van der Waals surface area contributed by atoms with Gasteiger partial charge in [-0.1, -0.05) is 6.08 Å². The summed E-state index contributed by atoms with van der Waals surface area (Å²) in [5.41, 5.74) is 0.711. The maximum Gasteiger partial charge on any atom is 0.231 e. The van der Waals surface area contributed by atoms with E-state index in [1.807, 2.05) is 17.2 Å². The summed E-state index contributed by atoms with van der Waals surface area (Å²) in [6.07, 6.45) is 7.30. The van der Waals surface area contributed by atoms with Crippen LogP contribution in [0.3, 0.4) is 0 Å². The van der Waals surface area contributed by atoms with E-state index in [2.05, 4.69) is 24.2 Å². The highest BCUT2D eigenvalue weighted by molar-refractivity contribution is 7.83. The average molecular weight is 153 g/mol. The molecule has 0 aromatic heterocycles. The molecule has 0 aromatic rings. The minimum atomic E-state index is 0.711. The molecule has 0 unspecified atom stereocenters. The second-order valence-electron chi connectivity index (χ2n) is 1.86. The predicted octanol–water partition coefficient (Wildman–Crippen LogP) is 1.45. The van der Waals surface area contributed by atoms with Crippen LogP contribution in [-0.2, 0) is 0 Å². The van der Waals surface area contributed by atoms with E-state index in [1.54, 1.807) is 12.3 Å². The topological polar surface area (TPSA) is 15.6 Å². The zero-order valence-corrected chi connectivity index (χ0v) is 6.46. The fourth-order valence-electron chi connectivity index (χ4n) is 0.674. The van der Waals surface area contributed by atoms with E-state index in [-0.39, 0.29) is 0 Å². The van der Waals surface area contributed by atoms with Crippen LogP contribution >= 0.6 is 12.6 Å². The number of thiol groups is 1. The molecule has 0 saturated carbocycles. The van der Waals surface area contributed by atoms with Gasteiger partial charge in [-0.2, -0.15) is 0 Å². The number of hydrogen-bond acceptors (Lipinski definition) is 3. The Morgan fingerprint density at radius 3 is 3.20 bits per heavy atom. The van der Waals surface area contributed by atoms with Crippen LogP contribution in [0.25, 0.3) is 0 Å². The van der Waals surface area contributed by atoms with Crippen molar-refractivity contribution >= 4 is 18.8 Å². The van der Waals surface area contributed by atoms with Gasteiger partial charge in [0, 0.05) is 19.0 Å². The van der Waals surface area contributed by atoms with Crippen molar-refractivity contribution < 1.29 is 0 Å². The first-order valence-electron chi connectivity index (χ1n) is 2.99. The molecular weight excluding hydrogens is 144 g/mol. The maximum atomic E-state index is 4.14. The van der Waals surface area contributed by atoms with E-state index in [1.165, 1.54) is 0 Å². The van der Waals surface area contributed by atoms with Crippen LogP contribution < -0.4 is 0 Å². The summed E-state index contributed by atoms with van der Waals surface area (Å²) in [5, 5.41) is 0. The van der Waals surface area contributed by atoms with Crippen LogP contribution in [-0.4, -0.2) is 17.7 Å². The first kappa shape index (κ1) is 7.41. The van der Waals surface area contributed by atoms with Crippen LogP contribution in [0.1, 0.15) is 0 Å². The van der Waals surface area contributed by atoms with Crippen molar-refractivity contribution in [2.75, 3.05) is 6.54 Å². The van der Waals surface area contributed by atoms with Gasteiger partial charge in [-0.3, -0.25) is 0 Å². The summed E-state index contributed by atoms with van der Waals surface area (Å²) in [4.78, 5) is 5.88. The predicted molar refractivity (Wildman–Crippen MR) is 46.8 cm³/mol. The third kappa shape index (κ3) is 1.64. The number of rotatable bonds is 2. The summed E-state index contributed by atoms with van der Waals surface area (Å²) in [6.45, 7) is 4.37. The van der Waals surface area contributed by atoms with E-state index in [4.69, 9.17) is 0 Å². The molecule has 0 aromatic carbocycles. The van der Waals surface area contributed by atoms with Crippen LogP contribution in [0.4, 0.5) is 0 Å². The summed E-state index contributed by atoms with van der Waals surface area (Å²) in [7, 11) is 0. The molecule has 1 radical (unpaired) electrons. The number of hydrogen-bond donors (Lipinski definition) is 1. The molecule has 3 heteroatoms. The molecule has 1 rings (SSSR count). The molecule has 0 bridgehead atoms. The van der Waals surface area contributed by atoms with Crippen molar-refractivity contribution in [2.24, 2.45) is 4.99 Å². The zero-order valence-electron chi connectivity index (χ0n) is 5.57. The molecule has 10 heavy (non-hydrogen) atoms. The van der Waals surface area contributed by atoms with E-state index >= 15 is 0 Å². The highest BCUT2D eigenvalue weighted by Gasteiger charge is 2.09. The lowest BCUT2D eigenvalue weighted by Crippen LogP contribution is -2.20. The monoisotopic (exact) mass is 153 g/mol. The Morgan fingerprint density at radius 1 is 1.80 bits per heavy atom. The smallest absolute Gasteiger partial charge is 0.231 e. The van der Waals surface area contributed by atoms with Gasteiger partial charge in [-0.05, 0) is 6.08 Å². The first-order valence-corrected chi connectivity index (χ1v) is 3.43. The quantitative estimate of drug-likeness (QED) is 0.469. The second kappa shape index (κ2) is 3.46. The minimum Gasteiger partial charge on any atom is -0.337 e. The summed E-state index contributed by atoms with van der Waals surface area (Å²) in [5.74, 6) is 0. The zero-order chi connectivity index (χ0) is 7.40. The molecule has 0 spiro atoms. The molecule has 1 aliphatic rings. The van der Waals surface area contributed by atoms with Gasteiger partial charge < -0.3 is 4.90 Å². The van der Waals surface area contributed by atoms with Gasteiger partial charge in [0.2, 0.25) is 5.50 Å². The molecule has 2 nitrogen and oxygen atoms in total. The Labute approximate surface area is 66.4 Å². The second-order valence-corrected chi connectivity index (χ2v) is 2.26. The molecule has 0 N–H and O–H groups in total. The molecule has 1 aliphatic heterocycles. The lowest BCUT2D eigenvalue weighted by Gasteiger charge is -2.22. The maximum absolute atomic E-state index is 4.14. The van der Waals surface area contributed by atoms with Gasteiger partial charge in [0.15, 0.2) is 0 Å². The van der Waals surface area contributed by atoms with Gasteiger partial charge in [-0.25, -0.2) is 4.99 Å². The fourth-order valence-corrected chi connectivity index (χ4v) is 0.889. The third-order valence-electron chi connectivity index (χ3n) is 1.12.